The molecule has 0 radical (unpaired) electrons. The van der Waals surface area contributed by atoms with Crippen LogP contribution in [0.2, 0.25) is 0 Å². The van der Waals surface area contributed by atoms with Crippen LogP contribution in [0.1, 0.15) is 54.3 Å². The summed E-state index contributed by atoms with van der Waals surface area (Å²) >= 11 is 0. The van der Waals surface area contributed by atoms with Gasteiger partial charge >= 0.3 is 0 Å². The minimum atomic E-state index is 0.350. The number of likely N-dealkylation sites (N-methyl/N-ethyl adjacent to an activating group) is 1. The molecule has 2 aromatic rings. The smallest absolute Gasteiger partial charge is 0.108 e. The van der Waals surface area contributed by atoms with Crippen LogP contribution >= 0.6 is 0 Å². The molecule has 1 N–H and O–H groups in total. The quantitative estimate of drug-likeness (QED) is 0.858. The molecule has 1 atom stereocenters. The zero-order valence-electron chi connectivity index (χ0n) is 13.1. The van der Waals surface area contributed by atoms with Crippen molar-refractivity contribution < 1.29 is 4.42 Å². The van der Waals surface area contributed by atoms with Gasteiger partial charge in [0.2, 0.25) is 0 Å². The van der Waals surface area contributed by atoms with Gasteiger partial charge in [0.05, 0.1) is 6.26 Å². The normalized spacial score (nSPS) is 15.1. The third-order valence-corrected chi connectivity index (χ3v) is 4.53. The van der Waals surface area contributed by atoms with Gasteiger partial charge in [-0.1, -0.05) is 32.0 Å². The molecule has 0 bridgehead atoms. The highest BCUT2D eigenvalue weighted by Gasteiger charge is 2.18. The summed E-state index contributed by atoms with van der Waals surface area (Å²) in [7, 11) is 0. The van der Waals surface area contributed by atoms with Crippen LogP contribution in [-0.2, 0) is 25.7 Å². The predicted octanol–water partition coefficient (Wildman–Crippen LogP) is 4.22. The van der Waals surface area contributed by atoms with E-state index in [4.69, 9.17) is 4.42 Å². The van der Waals surface area contributed by atoms with E-state index in [2.05, 4.69) is 43.4 Å². The number of nitrogens with one attached hydrogen (secondary N) is 1. The Hall–Kier alpha value is -1.54. The Labute approximate surface area is 127 Å². The molecule has 2 heteroatoms. The molecule has 0 aliphatic heterocycles. The number of rotatable bonds is 6. The lowest BCUT2D eigenvalue weighted by Gasteiger charge is -2.18. The van der Waals surface area contributed by atoms with Crippen molar-refractivity contribution in [3.05, 3.63) is 58.5 Å². The second kappa shape index (κ2) is 6.48. The molecule has 1 aliphatic carbocycles. The fourth-order valence-corrected chi connectivity index (χ4v) is 3.47. The largest absolute Gasteiger partial charge is 0.469 e. The molecular weight excluding hydrogens is 258 g/mol. The minimum Gasteiger partial charge on any atom is -0.469 e. The topological polar surface area (TPSA) is 25.2 Å². The lowest BCUT2D eigenvalue weighted by Crippen LogP contribution is -2.23. The van der Waals surface area contributed by atoms with E-state index in [0.717, 1.165) is 25.1 Å². The molecule has 2 nitrogen and oxygen atoms in total. The zero-order chi connectivity index (χ0) is 14.7. The SMILES string of the molecule is CCNC(Cc1ccc2c(c1)CCC2)c1ccoc1CC. The van der Waals surface area contributed by atoms with E-state index in [1.807, 2.05) is 6.26 Å². The van der Waals surface area contributed by atoms with Crippen LogP contribution in [0.25, 0.3) is 0 Å². The average Bonchev–Trinajstić information content (AvgIpc) is 3.14. The second-order valence-corrected chi connectivity index (χ2v) is 5.92. The van der Waals surface area contributed by atoms with Crippen molar-refractivity contribution in [2.45, 2.75) is 52.0 Å². The van der Waals surface area contributed by atoms with Crippen molar-refractivity contribution in [2.24, 2.45) is 0 Å². The van der Waals surface area contributed by atoms with Crippen molar-refractivity contribution >= 4 is 0 Å². The second-order valence-electron chi connectivity index (χ2n) is 5.92. The summed E-state index contributed by atoms with van der Waals surface area (Å²) in [6.07, 6.45) is 7.63. The Morgan fingerprint density at radius 2 is 2.00 bits per heavy atom. The van der Waals surface area contributed by atoms with Gasteiger partial charge in [0.15, 0.2) is 0 Å². The maximum atomic E-state index is 5.61. The first-order valence-corrected chi connectivity index (χ1v) is 8.22. The van der Waals surface area contributed by atoms with E-state index in [1.54, 1.807) is 11.1 Å². The molecule has 112 valence electrons. The van der Waals surface area contributed by atoms with Gasteiger partial charge in [0.25, 0.3) is 0 Å². The van der Waals surface area contributed by atoms with E-state index in [9.17, 15) is 0 Å². The number of hydrogen-bond donors (Lipinski definition) is 1. The van der Waals surface area contributed by atoms with Crippen LogP contribution in [0, 0.1) is 0 Å². The van der Waals surface area contributed by atoms with Gasteiger partial charge in [-0.3, -0.25) is 0 Å². The van der Waals surface area contributed by atoms with Crippen LogP contribution in [0.15, 0.2) is 34.9 Å². The summed E-state index contributed by atoms with van der Waals surface area (Å²) in [5.41, 5.74) is 5.87. The van der Waals surface area contributed by atoms with Crippen molar-refractivity contribution in [1.29, 1.82) is 0 Å². The monoisotopic (exact) mass is 283 g/mol. The molecule has 0 saturated carbocycles. The van der Waals surface area contributed by atoms with Crippen molar-refractivity contribution in [3.8, 4) is 0 Å². The third-order valence-electron chi connectivity index (χ3n) is 4.53. The molecule has 0 amide bonds. The van der Waals surface area contributed by atoms with Crippen LogP contribution < -0.4 is 5.32 Å². The lowest BCUT2D eigenvalue weighted by atomic mass is 9.96. The summed E-state index contributed by atoms with van der Waals surface area (Å²) in [4.78, 5) is 0. The first-order chi connectivity index (χ1) is 10.3. The number of furan rings is 1. The molecule has 1 heterocycles. The van der Waals surface area contributed by atoms with Gasteiger partial charge in [0.1, 0.15) is 5.76 Å². The summed E-state index contributed by atoms with van der Waals surface area (Å²) in [5.74, 6) is 1.11. The average molecular weight is 283 g/mol. The van der Waals surface area contributed by atoms with Gasteiger partial charge in [-0.05, 0) is 55.0 Å². The Morgan fingerprint density at radius 1 is 1.14 bits per heavy atom. The maximum absolute atomic E-state index is 5.61. The summed E-state index contributed by atoms with van der Waals surface area (Å²) in [6, 6.07) is 9.53. The molecule has 1 aromatic carbocycles. The molecule has 0 spiro atoms. The Kier molecular flexibility index (Phi) is 4.45. The molecule has 1 aromatic heterocycles. The number of aryl methyl sites for hydroxylation is 3. The van der Waals surface area contributed by atoms with Gasteiger partial charge in [0, 0.05) is 18.0 Å². The highest BCUT2D eigenvalue weighted by atomic mass is 16.3. The van der Waals surface area contributed by atoms with Crippen LogP contribution in [0.4, 0.5) is 0 Å². The van der Waals surface area contributed by atoms with Gasteiger partial charge < -0.3 is 9.73 Å². The van der Waals surface area contributed by atoms with Crippen molar-refractivity contribution in [1.82, 2.24) is 5.32 Å². The van der Waals surface area contributed by atoms with Crippen LogP contribution in [0.5, 0.6) is 0 Å². The molecular formula is C19H25NO. The summed E-state index contributed by atoms with van der Waals surface area (Å²) < 4.78 is 5.61. The first kappa shape index (κ1) is 14.4. The standard InChI is InChI=1S/C19H25NO/c1-3-19-17(10-11-21-19)18(20-4-2)13-14-8-9-15-6-5-7-16(15)12-14/h8-12,18,20H,3-7,13H2,1-2H3. The summed E-state index contributed by atoms with van der Waals surface area (Å²) in [6.45, 7) is 5.30. The number of benzene rings is 1. The molecule has 21 heavy (non-hydrogen) atoms. The minimum absolute atomic E-state index is 0.350. The molecule has 0 saturated heterocycles. The van der Waals surface area contributed by atoms with Crippen LogP contribution in [-0.4, -0.2) is 6.54 Å². The Morgan fingerprint density at radius 3 is 2.81 bits per heavy atom. The summed E-state index contributed by atoms with van der Waals surface area (Å²) in [5, 5.41) is 3.62. The number of hydrogen-bond acceptors (Lipinski definition) is 2. The van der Waals surface area contributed by atoms with E-state index in [-0.39, 0.29) is 0 Å². The van der Waals surface area contributed by atoms with E-state index < -0.39 is 0 Å². The Bertz CT molecular complexity index is 599. The van der Waals surface area contributed by atoms with E-state index in [1.165, 1.54) is 30.4 Å². The fourth-order valence-electron chi connectivity index (χ4n) is 3.47. The molecule has 0 fully saturated rings. The van der Waals surface area contributed by atoms with E-state index >= 15 is 0 Å². The zero-order valence-corrected chi connectivity index (χ0v) is 13.1. The molecule has 1 aliphatic rings. The highest BCUT2D eigenvalue weighted by Crippen LogP contribution is 2.27. The van der Waals surface area contributed by atoms with E-state index in [0.29, 0.717) is 6.04 Å². The highest BCUT2D eigenvalue weighted by molar-refractivity contribution is 5.36. The van der Waals surface area contributed by atoms with Gasteiger partial charge in [-0.25, -0.2) is 0 Å². The van der Waals surface area contributed by atoms with Crippen molar-refractivity contribution in [3.63, 3.8) is 0 Å². The van der Waals surface area contributed by atoms with Crippen molar-refractivity contribution in [2.75, 3.05) is 6.54 Å². The Balaban J connectivity index is 1.82. The predicted molar refractivity (Wildman–Crippen MR) is 86.7 cm³/mol. The van der Waals surface area contributed by atoms with Crippen LogP contribution in [0.3, 0.4) is 0 Å². The van der Waals surface area contributed by atoms with Gasteiger partial charge in [-0.2, -0.15) is 0 Å². The first-order valence-electron chi connectivity index (χ1n) is 8.22. The maximum Gasteiger partial charge on any atom is 0.108 e. The molecule has 1 unspecified atom stereocenters. The number of fused-ring (bicyclic) bond motifs is 1. The fraction of sp³-hybridized carbons (Fsp3) is 0.474. The molecule has 3 rings (SSSR count). The lowest BCUT2D eigenvalue weighted by molar-refractivity contribution is 0.487. The van der Waals surface area contributed by atoms with Gasteiger partial charge in [-0.15, -0.1) is 0 Å². The third kappa shape index (κ3) is 3.06.